The van der Waals surface area contributed by atoms with E-state index in [0.29, 0.717) is 26.2 Å². The molecule has 0 aromatic carbocycles. The lowest BCUT2D eigenvalue weighted by Gasteiger charge is -2.50. The van der Waals surface area contributed by atoms with Crippen molar-refractivity contribution in [1.29, 1.82) is 0 Å². The molecule has 5 fully saturated rings. The Kier molecular flexibility index (Phi) is 9.85. The lowest BCUT2D eigenvalue weighted by molar-refractivity contribution is -0.364. The molecule has 0 radical (unpaired) electrons. The Morgan fingerprint density at radius 3 is 2.33 bits per heavy atom. The van der Waals surface area contributed by atoms with Crippen LogP contribution < -0.4 is 0 Å². The van der Waals surface area contributed by atoms with Gasteiger partial charge in [-0.15, -0.1) is 0 Å². The minimum absolute atomic E-state index is 0.0885. The molecule has 1 aliphatic carbocycles. The number of hydrogen-bond acceptors (Lipinski definition) is 12. The summed E-state index contributed by atoms with van der Waals surface area (Å²) in [5.74, 6) is 0.0885. The Bertz CT molecular complexity index is 782. The lowest BCUT2D eigenvalue weighted by Crippen LogP contribution is -2.66. The molecule has 4 aliphatic heterocycles. The van der Waals surface area contributed by atoms with E-state index >= 15 is 0 Å². The van der Waals surface area contributed by atoms with E-state index in [4.69, 9.17) is 33.2 Å². The van der Waals surface area contributed by atoms with Crippen molar-refractivity contribution < 1.29 is 58.7 Å². The predicted octanol–water partition coefficient (Wildman–Crippen LogP) is -0.404. The SMILES string of the molecule is CCC1CCCC(OC2OC(CO)C(O)C3OC4(CCCCOC23)COC4)C1OC1OC(C)C(O)C(O)C1O. The maximum atomic E-state index is 11.1. The van der Waals surface area contributed by atoms with E-state index in [9.17, 15) is 25.5 Å². The fraction of sp³-hybridized carbons (Fsp3) is 1.00. The largest absolute Gasteiger partial charge is 0.394 e. The minimum Gasteiger partial charge on any atom is -0.394 e. The summed E-state index contributed by atoms with van der Waals surface area (Å²) in [6.07, 6.45) is -5.66. The van der Waals surface area contributed by atoms with Gasteiger partial charge in [-0.3, -0.25) is 0 Å². The molecule has 1 spiro atoms. The monoisotopic (exact) mass is 562 g/mol. The zero-order chi connectivity index (χ0) is 27.7. The third-order valence-corrected chi connectivity index (χ3v) is 9.08. The molecule has 13 atom stereocenters. The quantitative estimate of drug-likeness (QED) is 0.285. The second-order valence-corrected chi connectivity index (χ2v) is 11.8. The van der Waals surface area contributed by atoms with Crippen LogP contribution in [0.25, 0.3) is 0 Å². The van der Waals surface area contributed by atoms with Crippen LogP contribution in [0.3, 0.4) is 0 Å². The molecule has 5 aliphatic rings. The van der Waals surface area contributed by atoms with E-state index in [-0.39, 0.29) is 5.92 Å². The van der Waals surface area contributed by atoms with Crippen LogP contribution in [0, 0.1) is 5.92 Å². The van der Waals surface area contributed by atoms with Crippen molar-refractivity contribution >= 4 is 0 Å². The summed E-state index contributed by atoms with van der Waals surface area (Å²) in [5.41, 5.74) is -0.500. The third-order valence-electron chi connectivity index (χ3n) is 9.08. The average Bonchev–Trinajstić information content (AvgIpc) is 3.02. The Balaban J connectivity index is 1.36. The van der Waals surface area contributed by atoms with Gasteiger partial charge >= 0.3 is 0 Å². The number of rotatable bonds is 6. The molecule has 1 saturated carbocycles. The summed E-state index contributed by atoms with van der Waals surface area (Å²) < 4.78 is 42.9. The third kappa shape index (κ3) is 6.18. The Morgan fingerprint density at radius 1 is 0.846 bits per heavy atom. The molecule has 4 saturated heterocycles. The predicted molar refractivity (Wildman–Crippen MR) is 134 cm³/mol. The van der Waals surface area contributed by atoms with E-state index in [2.05, 4.69) is 6.92 Å². The van der Waals surface area contributed by atoms with Crippen LogP contribution in [0.15, 0.2) is 0 Å². The van der Waals surface area contributed by atoms with Gasteiger partial charge in [-0.05, 0) is 44.9 Å². The topological polar surface area (TPSA) is 166 Å². The number of aliphatic hydroxyl groups excluding tert-OH is 5. The van der Waals surface area contributed by atoms with Crippen LogP contribution in [0.5, 0.6) is 0 Å². The van der Waals surface area contributed by atoms with Crippen molar-refractivity contribution in [2.75, 3.05) is 26.4 Å². The van der Waals surface area contributed by atoms with E-state index < -0.39 is 85.8 Å². The van der Waals surface area contributed by atoms with Crippen LogP contribution in [0.4, 0.5) is 0 Å². The molecule has 226 valence electrons. The first kappa shape index (κ1) is 30.0. The van der Waals surface area contributed by atoms with Crippen LogP contribution >= 0.6 is 0 Å². The van der Waals surface area contributed by atoms with E-state index in [1.807, 2.05) is 0 Å². The Morgan fingerprint density at radius 2 is 1.64 bits per heavy atom. The molecular formula is C27H46O12. The molecule has 0 aromatic rings. The van der Waals surface area contributed by atoms with Crippen LogP contribution in [0.1, 0.15) is 58.8 Å². The highest BCUT2D eigenvalue weighted by molar-refractivity contribution is 4.98. The molecule has 4 heterocycles. The van der Waals surface area contributed by atoms with Crippen molar-refractivity contribution in [3.8, 4) is 0 Å². The second-order valence-electron chi connectivity index (χ2n) is 11.8. The van der Waals surface area contributed by atoms with Gasteiger partial charge in [-0.25, -0.2) is 0 Å². The molecule has 0 amide bonds. The van der Waals surface area contributed by atoms with E-state index in [1.54, 1.807) is 6.92 Å². The van der Waals surface area contributed by atoms with E-state index in [1.165, 1.54) is 0 Å². The number of ether oxygens (including phenoxy) is 7. The van der Waals surface area contributed by atoms with Gasteiger partial charge in [0.2, 0.25) is 0 Å². The maximum Gasteiger partial charge on any atom is 0.187 e. The van der Waals surface area contributed by atoms with Crippen LogP contribution in [0.2, 0.25) is 0 Å². The van der Waals surface area contributed by atoms with Gasteiger partial charge in [0.05, 0.1) is 38.1 Å². The van der Waals surface area contributed by atoms with Crippen LogP contribution in [-0.4, -0.2) is 131 Å². The number of fused-ring (bicyclic) bond motifs is 1. The first-order valence-electron chi connectivity index (χ1n) is 14.6. The zero-order valence-electron chi connectivity index (χ0n) is 22.9. The first-order chi connectivity index (χ1) is 18.8. The summed E-state index contributed by atoms with van der Waals surface area (Å²) in [5, 5.41) is 52.2. The molecule has 12 heteroatoms. The molecule has 13 unspecified atom stereocenters. The van der Waals surface area contributed by atoms with Gasteiger partial charge in [0, 0.05) is 6.61 Å². The maximum absolute atomic E-state index is 11.1. The molecule has 12 nitrogen and oxygen atoms in total. The van der Waals surface area contributed by atoms with E-state index in [0.717, 1.165) is 38.5 Å². The summed E-state index contributed by atoms with van der Waals surface area (Å²) in [6.45, 7) is 4.59. The molecule has 0 bridgehead atoms. The van der Waals surface area contributed by atoms with Gasteiger partial charge in [-0.1, -0.05) is 19.8 Å². The fourth-order valence-electron chi connectivity index (χ4n) is 6.57. The standard InChI is InChI=1S/C27H46O12/c1-3-15-7-6-8-16(22(15)38-25-21(32)20(31)18(29)14(2)35-25)36-26-24-23(19(30)17(11-28)37-26)39-27(12-33-13-27)9-4-5-10-34-24/h14-26,28-32H,3-13H2,1-2H3. The van der Waals surface area contributed by atoms with Crippen molar-refractivity contribution in [2.24, 2.45) is 5.92 Å². The van der Waals surface area contributed by atoms with Gasteiger partial charge in [0.25, 0.3) is 0 Å². The zero-order valence-corrected chi connectivity index (χ0v) is 22.9. The average molecular weight is 563 g/mol. The lowest BCUT2D eigenvalue weighted by atomic mass is 9.82. The number of hydrogen-bond donors (Lipinski definition) is 5. The highest BCUT2D eigenvalue weighted by atomic mass is 16.7. The second kappa shape index (κ2) is 12.8. The highest BCUT2D eigenvalue weighted by Gasteiger charge is 2.54. The first-order valence-corrected chi connectivity index (χ1v) is 14.6. The molecular weight excluding hydrogens is 516 g/mol. The summed E-state index contributed by atoms with van der Waals surface area (Å²) in [7, 11) is 0. The minimum atomic E-state index is -1.42. The molecule has 5 rings (SSSR count). The van der Waals surface area contributed by atoms with Crippen molar-refractivity contribution in [3.63, 3.8) is 0 Å². The highest BCUT2D eigenvalue weighted by Crippen LogP contribution is 2.40. The van der Waals surface area contributed by atoms with Crippen LogP contribution in [-0.2, 0) is 33.2 Å². The molecule has 5 N–H and O–H groups in total. The summed E-state index contributed by atoms with van der Waals surface area (Å²) in [6, 6.07) is 0. The molecule has 39 heavy (non-hydrogen) atoms. The number of aliphatic hydroxyl groups is 5. The Hall–Kier alpha value is -0.480. The van der Waals surface area contributed by atoms with Gasteiger partial charge in [0.1, 0.15) is 48.3 Å². The molecule has 0 aromatic heterocycles. The summed E-state index contributed by atoms with van der Waals surface area (Å²) in [4.78, 5) is 0. The van der Waals surface area contributed by atoms with Gasteiger partial charge < -0.3 is 58.7 Å². The normalized spacial score (nSPS) is 48.8. The Labute approximate surface area is 229 Å². The smallest absolute Gasteiger partial charge is 0.187 e. The van der Waals surface area contributed by atoms with Crippen molar-refractivity contribution in [1.82, 2.24) is 0 Å². The van der Waals surface area contributed by atoms with Gasteiger partial charge in [-0.2, -0.15) is 0 Å². The summed E-state index contributed by atoms with van der Waals surface area (Å²) >= 11 is 0. The fourth-order valence-corrected chi connectivity index (χ4v) is 6.57. The van der Waals surface area contributed by atoms with Crippen molar-refractivity contribution in [2.45, 2.75) is 138 Å². The van der Waals surface area contributed by atoms with Gasteiger partial charge in [0.15, 0.2) is 12.6 Å². The van der Waals surface area contributed by atoms with Crippen molar-refractivity contribution in [3.05, 3.63) is 0 Å².